The molecule has 1 atom stereocenters. The lowest BCUT2D eigenvalue weighted by Crippen LogP contribution is -2.32. The van der Waals surface area contributed by atoms with Gasteiger partial charge in [0.2, 0.25) is 0 Å². The SMILES string of the molecule is CC(O)c1ccc(F)cc1OCC(=O)N1CCCC1. The molecule has 1 heterocycles. The van der Waals surface area contributed by atoms with Crippen molar-refractivity contribution in [2.24, 2.45) is 0 Å². The van der Waals surface area contributed by atoms with Gasteiger partial charge in [0.1, 0.15) is 11.6 Å². The van der Waals surface area contributed by atoms with E-state index in [-0.39, 0.29) is 18.3 Å². The summed E-state index contributed by atoms with van der Waals surface area (Å²) in [6, 6.07) is 3.92. The number of benzene rings is 1. The number of rotatable bonds is 4. The number of hydrogen-bond donors (Lipinski definition) is 1. The van der Waals surface area contributed by atoms with E-state index in [1.54, 1.807) is 11.8 Å². The molecule has 0 aromatic heterocycles. The van der Waals surface area contributed by atoms with Gasteiger partial charge in [0.15, 0.2) is 6.61 Å². The summed E-state index contributed by atoms with van der Waals surface area (Å²) in [6.07, 6.45) is 1.27. The average molecular weight is 267 g/mol. The van der Waals surface area contributed by atoms with Crippen LogP contribution in [0.25, 0.3) is 0 Å². The first-order valence-corrected chi connectivity index (χ1v) is 6.46. The molecule has 0 aliphatic carbocycles. The number of carbonyl (C=O) groups excluding carboxylic acids is 1. The first-order chi connectivity index (χ1) is 9.08. The molecule has 1 aliphatic rings. The molecule has 104 valence electrons. The van der Waals surface area contributed by atoms with Crippen LogP contribution in [0, 0.1) is 5.82 Å². The zero-order valence-corrected chi connectivity index (χ0v) is 10.9. The van der Waals surface area contributed by atoms with E-state index in [1.807, 2.05) is 0 Å². The number of halogens is 1. The van der Waals surface area contributed by atoms with Gasteiger partial charge in [-0.2, -0.15) is 0 Å². The predicted molar refractivity (Wildman–Crippen MR) is 68.3 cm³/mol. The molecule has 0 spiro atoms. The van der Waals surface area contributed by atoms with Gasteiger partial charge in [0.05, 0.1) is 6.10 Å². The maximum Gasteiger partial charge on any atom is 0.260 e. The Bertz CT molecular complexity index is 456. The van der Waals surface area contributed by atoms with Crippen molar-refractivity contribution in [1.82, 2.24) is 4.90 Å². The lowest BCUT2D eigenvalue weighted by Gasteiger charge is -2.17. The molecule has 1 saturated heterocycles. The summed E-state index contributed by atoms with van der Waals surface area (Å²) in [4.78, 5) is 13.6. The van der Waals surface area contributed by atoms with E-state index in [2.05, 4.69) is 0 Å². The molecule has 19 heavy (non-hydrogen) atoms. The Balaban J connectivity index is 2.01. The molecule has 0 radical (unpaired) electrons. The molecule has 1 fully saturated rings. The number of amides is 1. The summed E-state index contributed by atoms with van der Waals surface area (Å²) in [6.45, 7) is 2.97. The van der Waals surface area contributed by atoms with Gasteiger partial charge in [-0.3, -0.25) is 4.79 Å². The van der Waals surface area contributed by atoms with E-state index < -0.39 is 11.9 Å². The van der Waals surface area contributed by atoms with Crippen LogP contribution in [0.1, 0.15) is 31.4 Å². The molecule has 0 bridgehead atoms. The smallest absolute Gasteiger partial charge is 0.260 e. The van der Waals surface area contributed by atoms with Gasteiger partial charge >= 0.3 is 0 Å². The number of carbonyl (C=O) groups is 1. The monoisotopic (exact) mass is 267 g/mol. The number of hydrogen-bond acceptors (Lipinski definition) is 3. The molecule has 1 aromatic rings. The number of likely N-dealkylation sites (tertiary alicyclic amines) is 1. The lowest BCUT2D eigenvalue weighted by molar-refractivity contribution is -0.132. The molecular weight excluding hydrogens is 249 g/mol. The Morgan fingerprint density at radius 3 is 2.79 bits per heavy atom. The van der Waals surface area contributed by atoms with Crippen molar-refractivity contribution in [3.05, 3.63) is 29.6 Å². The second-order valence-electron chi connectivity index (χ2n) is 4.73. The van der Waals surface area contributed by atoms with E-state index in [1.165, 1.54) is 18.2 Å². The van der Waals surface area contributed by atoms with Gasteiger partial charge in [-0.15, -0.1) is 0 Å². The molecule has 1 amide bonds. The van der Waals surface area contributed by atoms with E-state index >= 15 is 0 Å². The summed E-state index contributed by atoms with van der Waals surface area (Å²) in [5, 5.41) is 9.57. The standard InChI is InChI=1S/C14H18FNO3/c1-10(17)12-5-4-11(15)8-13(12)19-9-14(18)16-6-2-3-7-16/h4-5,8,10,17H,2-3,6-7,9H2,1H3. The van der Waals surface area contributed by atoms with E-state index in [0.29, 0.717) is 5.56 Å². The van der Waals surface area contributed by atoms with Crippen molar-refractivity contribution in [3.8, 4) is 5.75 Å². The fourth-order valence-electron chi connectivity index (χ4n) is 2.18. The minimum atomic E-state index is -0.766. The van der Waals surface area contributed by atoms with Crippen LogP contribution in [-0.2, 0) is 4.79 Å². The molecule has 1 aliphatic heterocycles. The number of nitrogens with zero attached hydrogens (tertiary/aromatic N) is 1. The van der Waals surface area contributed by atoms with Gasteiger partial charge in [0, 0.05) is 24.7 Å². The van der Waals surface area contributed by atoms with Crippen LogP contribution >= 0.6 is 0 Å². The number of aliphatic hydroxyl groups is 1. The van der Waals surface area contributed by atoms with Gasteiger partial charge in [0.25, 0.3) is 5.91 Å². The van der Waals surface area contributed by atoms with E-state index in [4.69, 9.17) is 4.74 Å². The van der Waals surface area contributed by atoms with Gasteiger partial charge in [-0.05, 0) is 31.9 Å². The zero-order valence-electron chi connectivity index (χ0n) is 10.9. The molecule has 1 unspecified atom stereocenters. The lowest BCUT2D eigenvalue weighted by atomic mass is 10.1. The summed E-state index contributed by atoms with van der Waals surface area (Å²) < 4.78 is 18.5. The average Bonchev–Trinajstić information content (AvgIpc) is 2.89. The quantitative estimate of drug-likeness (QED) is 0.906. The maximum absolute atomic E-state index is 13.2. The Labute approximate surface area is 111 Å². The number of ether oxygens (including phenoxy) is 1. The Morgan fingerprint density at radius 1 is 1.47 bits per heavy atom. The van der Waals surface area contributed by atoms with Crippen LogP contribution in [0.4, 0.5) is 4.39 Å². The van der Waals surface area contributed by atoms with Crippen molar-refractivity contribution < 1.29 is 19.0 Å². The summed E-state index contributed by atoms with van der Waals surface area (Å²) >= 11 is 0. The molecule has 4 nitrogen and oxygen atoms in total. The van der Waals surface area contributed by atoms with Crippen molar-refractivity contribution in [2.75, 3.05) is 19.7 Å². The van der Waals surface area contributed by atoms with E-state index in [9.17, 15) is 14.3 Å². The second kappa shape index (κ2) is 6.02. The molecular formula is C14H18FNO3. The largest absolute Gasteiger partial charge is 0.483 e. The van der Waals surface area contributed by atoms with Crippen LogP contribution in [0.3, 0.4) is 0 Å². The Hall–Kier alpha value is -1.62. The molecule has 2 rings (SSSR count). The first-order valence-electron chi connectivity index (χ1n) is 6.46. The first kappa shape index (κ1) is 13.8. The zero-order chi connectivity index (χ0) is 13.8. The van der Waals surface area contributed by atoms with Crippen molar-refractivity contribution in [1.29, 1.82) is 0 Å². The summed E-state index contributed by atoms with van der Waals surface area (Å²) in [5.41, 5.74) is 0.482. The fourth-order valence-corrected chi connectivity index (χ4v) is 2.18. The van der Waals surface area contributed by atoms with Crippen LogP contribution in [0.15, 0.2) is 18.2 Å². The third kappa shape index (κ3) is 3.44. The highest BCUT2D eigenvalue weighted by molar-refractivity contribution is 5.78. The molecule has 1 aromatic carbocycles. The Morgan fingerprint density at radius 2 is 2.16 bits per heavy atom. The van der Waals surface area contributed by atoms with Crippen molar-refractivity contribution in [3.63, 3.8) is 0 Å². The van der Waals surface area contributed by atoms with Gasteiger partial charge in [-0.25, -0.2) is 4.39 Å². The van der Waals surface area contributed by atoms with Crippen molar-refractivity contribution in [2.45, 2.75) is 25.9 Å². The van der Waals surface area contributed by atoms with Gasteiger partial charge in [-0.1, -0.05) is 0 Å². The third-order valence-corrected chi connectivity index (χ3v) is 3.24. The second-order valence-corrected chi connectivity index (χ2v) is 4.73. The third-order valence-electron chi connectivity index (χ3n) is 3.24. The maximum atomic E-state index is 13.2. The molecule has 5 heteroatoms. The minimum absolute atomic E-state index is 0.0988. The Kier molecular flexibility index (Phi) is 4.37. The predicted octanol–water partition coefficient (Wildman–Crippen LogP) is 1.88. The van der Waals surface area contributed by atoms with Crippen LogP contribution < -0.4 is 4.74 Å². The molecule has 1 N–H and O–H groups in total. The highest BCUT2D eigenvalue weighted by atomic mass is 19.1. The molecule has 0 saturated carbocycles. The topological polar surface area (TPSA) is 49.8 Å². The van der Waals surface area contributed by atoms with E-state index in [0.717, 1.165) is 25.9 Å². The highest BCUT2D eigenvalue weighted by Crippen LogP contribution is 2.26. The minimum Gasteiger partial charge on any atom is -0.483 e. The van der Waals surface area contributed by atoms with Crippen LogP contribution in [-0.4, -0.2) is 35.6 Å². The normalized spacial score (nSPS) is 16.5. The fraction of sp³-hybridized carbons (Fsp3) is 0.500. The summed E-state index contributed by atoms with van der Waals surface area (Å²) in [7, 11) is 0. The van der Waals surface area contributed by atoms with Crippen LogP contribution in [0.5, 0.6) is 5.75 Å². The van der Waals surface area contributed by atoms with Gasteiger partial charge < -0.3 is 14.7 Å². The van der Waals surface area contributed by atoms with Crippen molar-refractivity contribution >= 4 is 5.91 Å². The highest BCUT2D eigenvalue weighted by Gasteiger charge is 2.19. The number of aliphatic hydroxyl groups excluding tert-OH is 1. The van der Waals surface area contributed by atoms with Crippen LogP contribution in [0.2, 0.25) is 0 Å². The summed E-state index contributed by atoms with van der Waals surface area (Å²) in [5.74, 6) is -0.325.